The number of benzene rings is 7. The average Bonchev–Trinajstić information content (AvgIpc) is 3.89. The minimum atomic E-state index is 0.533. The first-order valence-corrected chi connectivity index (χ1v) is 16.9. The highest BCUT2D eigenvalue weighted by molar-refractivity contribution is 6.17. The minimum Gasteiger partial charge on any atom is -0.455 e. The Hall–Kier alpha value is -7.05. The zero-order valence-electron chi connectivity index (χ0n) is 27.0. The lowest BCUT2D eigenvalue weighted by Gasteiger charge is -2.09. The van der Waals surface area contributed by atoms with Gasteiger partial charge in [-0.05, 0) is 24.3 Å². The molecule has 4 heterocycles. The van der Waals surface area contributed by atoms with Crippen LogP contribution in [0.15, 0.2) is 165 Å². The number of aromatic nitrogens is 3. The summed E-state index contributed by atoms with van der Waals surface area (Å²) in [6.45, 7) is 0. The second-order valence-corrected chi connectivity index (χ2v) is 12.7. The van der Waals surface area contributed by atoms with Gasteiger partial charge in [0, 0.05) is 54.6 Å². The number of fused-ring (bicyclic) bond motifs is 9. The molecule has 0 N–H and O–H groups in total. The van der Waals surface area contributed by atoms with E-state index in [-0.39, 0.29) is 0 Å². The molecule has 0 aliphatic carbocycles. The Balaban J connectivity index is 1.16. The molecule has 0 unspecified atom stereocenters. The zero-order chi connectivity index (χ0) is 33.5. The molecule has 0 aliphatic heterocycles. The van der Waals surface area contributed by atoms with Gasteiger partial charge in [-0.15, -0.1) is 0 Å². The van der Waals surface area contributed by atoms with Crippen LogP contribution < -0.4 is 0 Å². The summed E-state index contributed by atoms with van der Waals surface area (Å²) >= 11 is 0. The largest absolute Gasteiger partial charge is 0.455 e. The van der Waals surface area contributed by atoms with Gasteiger partial charge in [0.25, 0.3) is 0 Å². The van der Waals surface area contributed by atoms with E-state index in [9.17, 15) is 0 Å². The molecular weight excluding hydrogens is 631 g/mol. The molecule has 0 aliphatic rings. The Kier molecular flexibility index (Phi) is 5.86. The maximum atomic E-state index is 6.72. The van der Waals surface area contributed by atoms with Crippen LogP contribution in [0, 0.1) is 0 Å². The fourth-order valence-electron chi connectivity index (χ4n) is 7.46. The highest BCUT2D eigenvalue weighted by Gasteiger charge is 2.22. The number of para-hydroxylation sites is 5. The first-order chi connectivity index (χ1) is 25.3. The fraction of sp³-hybridized carbons (Fsp3) is 0. The highest BCUT2D eigenvalue weighted by atomic mass is 16.3. The van der Waals surface area contributed by atoms with E-state index in [1.54, 1.807) is 0 Å². The monoisotopic (exact) mass is 655 g/mol. The van der Waals surface area contributed by atoms with Crippen LogP contribution in [0.1, 0.15) is 0 Å². The van der Waals surface area contributed by atoms with Crippen LogP contribution in [0.2, 0.25) is 0 Å². The predicted octanol–water partition coefficient (Wildman–Crippen LogP) is 12.2. The van der Waals surface area contributed by atoms with Crippen molar-refractivity contribution < 1.29 is 13.3 Å². The molecule has 7 aromatic carbocycles. The Morgan fingerprint density at radius 1 is 0.294 bits per heavy atom. The van der Waals surface area contributed by atoms with Crippen LogP contribution in [-0.4, -0.2) is 15.0 Å². The number of furan rings is 3. The Labute approximate surface area is 290 Å². The molecule has 238 valence electrons. The van der Waals surface area contributed by atoms with Crippen molar-refractivity contribution in [3.63, 3.8) is 0 Å². The summed E-state index contributed by atoms with van der Waals surface area (Å²) in [6.07, 6.45) is 0. The predicted molar refractivity (Wildman–Crippen MR) is 203 cm³/mol. The summed E-state index contributed by atoms with van der Waals surface area (Å²) < 4.78 is 19.6. The number of nitrogens with zero attached hydrogens (tertiary/aromatic N) is 3. The summed E-state index contributed by atoms with van der Waals surface area (Å²) in [5, 5.41) is 6.13. The van der Waals surface area contributed by atoms with Gasteiger partial charge in [-0.2, -0.15) is 0 Å². The van der Waals surface area contributed by atoms with Gasteiger partial charge in [0.15, 0.2) is 17.5 Å². The van der Waals surface area contributed by atoms with E-state index in [0.717, 1.165) is 93.6 Å². The summed E-state index contributed by atoms with van der Waals surface area (Å²) in [5.74, 6) is 1.65. The quantitative estimate of drug-likeness (QED) is 0.188. The third kappa shape index (κ3) is 4.20. The van der Waals surface area contributed by atoms with Crippen molar-refractivity contribution in [2.75, 3.05) is 0 Å². The molecule has 51 heavy (non-hydrogen) atoms. The summed E-state index contributed by atoms with van der Waals surface area (Å²) in [6, 6.07) is 50.9. The van der Waals surface area contributed by atoms with Crippen molar-refractivity contribution in [2.24, 2.45) is 0 Å². The van der Waals surface area contributed by atoms with Crippen molar-refractivity contribution in [2.45, 2.75) is 0 Å². The standard InChI is InChI=1S/C45H25N3O3/c1-2-12-26(13-3-1)43-46-44(48-45(47-43)35-22-10-17-30-28-15-5-7-24-37(28)50-42(30)35)34-21-11-25-38-39(34)33-20-9-19-32(41(33)51-38)31-18-8-16-29-27-14-4-6-23-36(27)49-40(29)31/h1-25H. The molecule has 0 bridgehead atoms. The van der Waals surface area contributed by atoms with Gasteiger partial charge in [0.1, 0.15) is 33.5 Å². The third-order valence-corrected chi connectivity index (χ3v) is 9.77. The van der Waals surface area contributed by atoms with Gasteiger partial charge in [-0.1, -0.05) is 127 Å². The molecule has 0 radical (unpaired) electrons. The second kappa shape index (κ2) is 10.7. The van der Waals surface area contributed by atoms with Gasteiger partial charge in [-0.3, -0.25) is 0 Å². The van der Waals surface area contributed by atoms with Crippen molar-refractivity contribution >= 4 is 65.8 Å². The lowest BCUT2D eigenvalue weighted by atomic mass is 9.98. The van der Waals surface area contributed by atoms with Crippen molar-refractivity contribution in [1.82, 2.24) is 15.0 Å². The normalized spacial score (nSPS) is 11.9. The second-order valence-electron chi connectivity index (χ2n) is 12.7. The van der Waals surface area contributed by atoms with E-state index in [1.807, 2.05) is 91.0 Å². The van der Waals surface area contributed by atoms with Gasteiger partial charge >= 0.3 is 0 Å². The lowest BCUT2D eigenvalue weighted by molar-refractivity contribution is 0.665. The Morgan fingerprint density at radius 3 is 1.41 bits per heavy atom. The van der Waals surface area contributed by atoms with Crippen molar-refractivity contribution in [3.8, 4) is 45.3 Å². The van der Waals surface area contributed by atoms with E-state index in [0.29, 0.717) is 17.5 Å². The molecule has 0 saturated heterocycles. The third-order valence-electron chi connectivity index (χ3n) is 9.77. The van der Waals surface area contributed by atoms with E-state index in [1.165, 1.54) is 0 Å². The fourth-order valence-corrected chi connectivity index (χ4v) is 7.46. The smallest absolute Gasteiger partial charge is 0.167 e. The number of rotatable bonds is 4. The molecule has 0 spiro atoms. The highest BCUT2D eigenvalue weighted by Crippen LogP contribution is 2.43. The van der Waals surface area contributed by atoms with E-state index in [4.69, 9.17) is 28.2 Å². The van der Waals surface area contributed by atoms with E-state index < -0.39 is 0 Å². The molecule has 6 nitrogen and oxygen atoms in total. The van der Waals surface area contributed by atoms with Crippen LogP contribution in [0.5, 0.6) is 0 Å². The van der Waals surface area contributed by atoms with E-state index >= 15 is 0 Å². The topological polar surface area (TPSA) is 78.1 Å². The summed E-state index contributed by atoms with van der Waals surface area (Å²) in [4.78, 5) is 15.3. The number of hydrogen-bond donors (Lipinski definition) is 0. The molecule has 4 aromatic heterocycles. The van der Waals surface area contributed by atoms with Crippen LogP contribution >= 0.6 is 0 Å². The minimum absolute atomic E-state index is 0.533. The van der Waals surface area contributed by atoms with Crippen molar-refractivity contribution in [1.29, 1.82) is 0 Å². The molecule has 0 fully saturated rings. The van der Waals surface area contributed by atoms with Gasteiger partial charge in [0.2, 0.25) is 0 Å². The maximum Gasteiger partial charge on any atom is 0.167 e. The molecule has 0 amide bonds. The van der Waals surface area contributed by atoms with E-state index in [2.05, 4.69) is 60.7 Å². The number of hydrogen-bond acceptors (Lipinski definition) is 6. The van der Waals surface area contributed by atoms with Crippen molar-refractivity contribution in [3.05, 3.63) is 152 Å². The van der Waals surface area contributed by atoms with Gasteiger partial charge in [-0.25, -0.2) is 15.0 Å². The van der Waals surface area contributed by atoms with Crippen LogP contribution in [0.4, 0.5) is 0 Å². The SMILES string of the molecule is c1ccc(-c2nc(-c3cccc4c3oc3ccccc34)nc(-c3cccc4oc5c(-c6cccc7c6oc6ccccc67)cccc5c34)n2)cc1. The van der Waals surface area contributed by atoms with Gasteiger partial charge in [0.05, 0.1) is 5.56 Å². The molecule has 0 saturated carbocycles. The zero-order valence-corrected chi connectivity index (χ0v) is 27.0. The first-order valence-electron chi connectivity index (χ1n) is 16.9. The van der Waals surface area contributed by atoms with Crippen LogP contribution in [0.25, 0.3) is 111 Å². The van der Waals surface area contributed by atoms with Gasteiger partial charge < -0.3 is 13.3 Å². The average molecular weight is 656 g/mol. The maximum absolute atomic E-state index is 6.72. The molecule has 0 atom stereocenters. The molecule has 6 heteroatoms. The van der Waals surface area contributed by atoms with Crippen LogP contribution in [0.3, 0.4) is 0 Å². The lowest BCUT2D eigenvalue weighted by Crippen LogP contribution is -2.00. The summed E-state index contributed by atoms with van der Waals surface area (Å²) in [7, 11) is 0. The first kappa shape index (κ1) is 27.9. The molecule has 11 aromatic rings. The Morgan fingerprint density at radius 2 is 0.725 bits per heavy atom. The van der Waals surface area contributed by atoms with Crippen LogP contribution in [-0.2, 0) is 0 Å². The summed E-state index contributed by atoms with van der Waals surface area (Å²) in [5.41, 5.74) is 9.25. The molecular formula is C45H25N3O3. The Bertz CT molecular complexity index is 3150. The molecule has 11 rings (SSSR count).